The summed E-state index contributed by atoms with van der Waals surface area (Å²) < 4.78 is 10.8. The highest BCUT2D eigenvalue weighted by Gasteiger charge is 2.36. The van der Waals surface area contributed by atoms with Crippen molar-refractivity contribution in [3.8, 4) is 5.75 Å². The van der Waals surface area contributed by atoms with Gasteiger partial charge in [-0.2, -0.15) is 0 Å². The van der Waals surface area contributed by atoms with Crippen LogP contribution in [0.5, 0.6) is 5.75 Å². The molecule has 0 unspecified atom stereocenters. The quantitative estimate of drug-likeness (QED) is 0.297. The summed E-state index contributed by atoms with van der Waals surface area (Å²) >= 11 is 0. The Morgan fingerprint density at radius 1 is 1.22 bits per heavy atom. The summed E-state index contributed by atoms with van der Waals surface area (Å²) in [6.07, 6.45) is 5.85. The lowest BCUT2D eigenvalue weighted by molar-refractivity contribution is 0.0778. The SMILES string of the molecule is CCNC(=NCC1(CCOC)CCC1)NCCc1cc(C)ccc1OC.I. The number of hydrogen-bond donors (Lipinski definition) is 2. The van der Waals surface area contributed by atoms with Gasteiger partial charge in [0.2, 0.25) is 0 Å². The molecule has 27 heavy (non-hydrogen) atoms. The van der Waals surface area contributed by atoms with Gasteiger partial charge in [0.05, 0.1) is 7.11 Å². The van der Waals surface area contributed by atoms with Crippen molar-refractivity contribution in [3.63, 3.8) is 0 Å². The molecule has 0 saturated heterocycles. The second kappa shape index (κ2) is 12.4. The Balaban J connectivity index is 0.00000364. The molecule has 0 atom stereocenters. The maximum absolute atomic E-state index is 5.47. The summed E-state index contributed by atoms with van der Waals surface area (Å²) in [5.41, 5.74) is 2.83. The minimum Gasteiger partial charge on any atom is -0.496 e. The Morgan fingerprint density at radius 3 is 2.59 bits per heavy atom. The lowest BCUT2D eigenvalue weighted by atomic mass is 9.67. The zero-order valence-corrected chi connectivity index (χ0v) is 19.6. The smallest absolute Gasteiger partial charge is 0.191 e. The molecule has 2 N–H and O–H groups in total. The Bertz CT molecular complexity index is 589. The van der Waals surface area contributed by atoms with Gasteiger partial charge in [-0.15, -0.1) is 24.0 Å². The third-order valence-electron chi connectivity index (χ3n) is 5.29. The molecule has 1 fully saturated rings. The molecule has 1 aromatic carbocycles. The summed E-state index contributed by atoms with van der Waals surface area (Å²) in [4.78, 5) is 4.86. The molecule has 2 rings (SSSR count). The molecule has 6 heteroatoms. The zero-order valence-electron chi connectivity index (χ0n) is 17.3. The predicted octanol–water partition coefficient (Wildman–Crippen LogP) is 3.93. The maximum Gasteiger partial charge on any atom is 0.191 e. The van der Waals surface area contributed by atoms with Gasteiger partial charge in [-0.3, -0.25) is 4.99 Å². The van der Waals surface area contributed by atoms with E-state index in [0.29, 0.717) is 5.41 Å². The summed E-state index contributed by atoms with van der Waals surface area (Å²) in [6, 6.07) is 6.32. The van der Waals surface area contributed by atoms with Crippen LogP contribution in [-0.4, -0.2) is 46.4 Å². The van der Waals surface area contributed by atoms with E-state index in [1.54, 1.807) is 14.2 Å². The first-order valence-electron chi connectivity index (χ1n) is 9.77. The van der Waals surface area contributed by atoms with E-state index in [0.717, 1.165) is 50.8 Å². The Hall–Kier alpha value is -1.02. The highest BCUT2D eigenvalue weighted by atomic mass is 127. The second-order valence-electron chi connectivity index (χ2n) is 7.28. The predicted molar refractivity (Wildman–Crippen MR) is 124 cm³/mol. The van der Waals surface area contributed by atoms with E-state index in [1.165, 1.54) is 30.4 Å². The number of aryl methyl sites for hydroxylation is 1. The molecule has 1 saturated carbocycles. The van der Waals surface area contributed by atoms with Crippen LogP contribution in [-0.2, 0) is 11.2 Å². The van der Waals surface area contributed by atoms with Crippen LogP contribution in [0.4, 0.5) is 0 Å². The van der Waals surface area contributed by atoms with Crippen LogP contribution in [0.25, 0.3) is 0 Å². The van der Waals surface area contributed by atoms with Crippen molar-refractivity contribution >= 4 is 29.9 Å². The van der Waals surface area contributed by atoms with Crippen molar-refractivity contribution in [2.75, 3.05) is 40.5 Å². The molecule has 0 aromatic heterocycles. The highest BCUT2D eigenvalue weighted by Crippen LogP contribution is 2.44. The summed E-state index contributed by atoms with van der Waals surface area (Å²) in [6.45, 7) is 7.61. The number of benzene rings is 1. The Morgan fingerprint density at radius 2 is 2.00 bits per heavy atom. The topological polar surface area (TPSA) is 54.9 Å². The maximum atomic E-state index is 5.47. The van der Waals surface area contributed by atoms with Crippen molar-refractivity contribution in [1.29, 1.82) is 0 Å². The van der Waals surface area contributed by atoms with Crippen molar-refractivity contribution < 1.29 is 9.47 Å². The van der Waals surface area contributed by atoms with Gasteiger partial charge in [0.25, 0.3) is 0 Å². The van der Waals surface area contributed by atoms with Gasteiger partial charge in [0.1, 0.15) is 5.75 Å². The molecule has 1 aliphatic rings. The molecule has 0 aliphatic heterocycles. The van der Waals surface area contributed by atoms with Gasteiger partial charge in [-0.25, -0.2) is 0 Å². The van der Waals surface area contributed by atoms with Crippen LogP contribution in [0.3, 0.4) is 0 Å². The molecule has 0 bridgehead atoms. The highest BCUT2D eigenvalue weighted by molar-refractivity contribution is 14.0. The minimum atomic E-state index is 0. The summed E-state index contributed by atoms with van der Waals surface area (Å²) in [5.74, 6) is 1.86. The van der Waals surface area contributed by atoms with Gasteiger partial charge < -0.3 is 20.1 Å². The van der Waals surface area contributed by atoms with Gasteiger partial charge in [-0.05, 0) is 56.6 Å². The van der Waals surface area contributed by atoms with E-state index < -0.39 is 0 Å². The molecule has 0 heterocycles. The van der Waals surface area contributed by atoms with Crippen LogP contribution in [0.2, 0.25) is 0 Å². The fourth-order valence-corrected chi connectivity index (χ4v) is 3.49. The number of hydrogen-bond acceptors (Lipinski definition) is 3. The van der Waals surface area contributed by atoms with Crippen molar-refractivity contribution in [2.45, 2.75) is 46.0 Å². The van der Waals surface area contributed by atoms with Crippen LogP contribution in [0.1, 0.15) is 43.7 Å². The van der Waals surface area contributed by atoms with Gasteiger partial charge >= 0.3 is 0 Å². The molecule has 0 radical (unpaired) electrons. The number of nitrogens with zero attached hydrogens (tertiary/aromatic N) is 1. The average molecular weight is 489 g/mol. The Labute approximate surface area is 181 Å². The van der Waals surface area contributed by atoms with Crippen LogP contribution in [0, 0.1) is 12.3 Å². The average Bonchev–Trinajstić information content (AvgIpc) is 2.60. The standard InChI is InChI=1S/C21H35N3O2.HI/c1-5-22-20(24-16-21(10-6-11-21)12-14-25-3)23-13-9-18-15-17(2)7-8-19(18)26-4;/h7-8,15H,5-6,9-14,16H2,1-4H3,(H2,22,23,24);1H. The summed E-state index contributed by atoms with van der Waals surface area (Å²) in [7, 11) is 3.51. The molecule has 1 aliphatic carbocycles. The largest absolute Gasteiger partial charge is 0.496 e. The molecule has 1 aromatic rings. The molecule has 0 amide bonds. The van der Waals surface area contributed by atoms with Crippen LogP contribution >= 0.6 is 24.0 Å². The zero-order chi connectivity index (χ0) is 18.8. The van der Waals surface area contributed by atoms with Gasteiger partial charge in [0.15, 0.2) is 5.96 Å². The minimum absolute atomic E-state index is 0. The van der Waals surface area contributed by atoms with E-state index >= 15 is 0 Å². The third-order valence-corrected chi connectivity index (χ3v) is 5.29. The van der Waals surface area contributed by atoms with E-state index in [2.05, 4.69) is 36.6 Å². The number of methoxy groups -OCH3 is 2. The number of halogens is 1. The molecule has 5 nitrogen and oxygen atoms in total. The number of nitrogens with one attached hydrogen (secondary N) is 2. The normalized spacial score (nSPS) is 15.5. The number of guanidine groups is 1. The lowest BCUT2D eigenvalue weighted by Gasteiger charge is -2.40. The molecular weight excluding hydrogens is 453 g/mol. The number of ether oxygens (including phenoxy) is 2. The monoisotopic (exact) mass is 489 g/mol. The van der Waals surface area contributed by atoms with E-state index in [1.807, 2.05) is 6.07 Å². The van der Waals surface area contributed by atoms with E-state index in [-0.39, 0.29) is 24.0 Å². The molecular formula is C21H36IN3O2. The van der Waals surface area contributed by atoms with Crippen LogP contribution < -0.4 is 15.4 Å². The first-order chi connectivity index (χ1) is 12.6. The number of rotatable bonds is 10. The number of aliphatic imine (C=N–C) groups is 1. The second-order valence-corrected chi connectivity index (χ2v) is 7.28. The Kier molecular flexibility index (Phi) is 11.1. The first-order valence-corrected chi connectivity index (χ1v) is 9.77. The summed E-state index contributed by atoms with van der Waals surface area (Å²) in [5, 5.41) is 6.83. The van der Waals surface area contributed by atoms with Crippen molar-refractivity contribution in [1.82, 2.24) is 10.6 Å². The van der Waals surface area contributed by atoms with Gasteiger partial charge in [-0.1, -0.05) is 24.1 Å². The molecule has 154 valence electrons. The van der Waals surface area contributed by atoms with Crippen LogP contribution in [0.15, 0.2) is 23.2 Å². The third kappa shape index (κ3) is 7.49. The fourth-order valence-electron chi connectivity index (χ4n) is 3.49. The molecule has 0 spiro atoms. The van der Waals surface area contributed by atoms with E-state index in [9.17, 15) is 0 Å². The van der Waals surface area contributed by atoms with Gasteiger partial charge in [0, 0.05) is 33.4 Å². The van der Waals surface area contributed by atoms with Crippen molar-refractivity contribution in [2.24, 2.45) is 10.4 Å². The fraction of sp³-hybridized carbons (Fsp3) is 0.667. The van der Waals surface area contributed by atoms with E-state index in [4.69, 9.17) is 14.5 Å². The lowest BCUT2D eigenvalue weighted by Crippen LogP contribution is -2.41. The first kappa shape index (κ1) is 24.0. The van der Waals surface area contributed by atoms with Crippen molar-refractivity contribution in [3.05, 3.63) is 29.3 Å².